The van der Waals surface area contributed by atoms with E-state index in [2.05, 4.69) is 4.90 Å². The normalized spacial score (nSPS) is 23.3. The third kappa shape index (κ3) is 2.66. The minimum atomic E-state index is -0.727. The zero-order valence-corrected chi connectivity index (χ0v) is 11.4. The summed E-state index contributed by atoms with van der Waals surface area (Å²) < 4.78 is 10.5. The van der Waals surface area contributed by atoms with Gasteiger partial charge in [-0.3, -0.25) is 9.69 Å². The van der Waals surface area contributed by atoms with Crippen molar-refractivity contribution < 1.29 is 19.4 Å². The Hall–Kier alpha value is -1.75. The molecule has 19 heavy (non-hydrogen) atoms. The molecule has 104 valence electrons. The molecular formula is C14H19NO4. The van der Waals surface area contributed by atoms with E-state index in [1.54, 1.807) is 14.2 Å². The number of ether oxygens (including phenoxy) is 2. The van der Waals surface area contributed by atoms with Crippen LogP contribution in [0, 0.1) is 5.92 Å². The Morgan fingerprint density at radius 2 is 2.00 bits per heavy atom. The standard InChI is InChI=1S/C14H19NO4/c1-15-8-10(14(16)17)6-11(15)9-4-5-12(18-2)13(7-9)19-3/h4-5,7,10-11H,6,8H2,1-3H3,(H,16,17)/t10-,11+/m1/s1. The Bertz CT molecular complexity index is 475. The molecule has 0 unspecified atom stereocenters. The van der Waals surface area contributed by atoms with Crippen molar-refractivity contribution in [3.05, 3.63) is 23.8 Å². The number of benzene rings is 1. The zero-order valence-electron chi connectivity index (χ0n) is 11.4. The van der Waals surface area contributed by atoms with Gasteiger partial charge in [-0.05, 0) is 31.2 Å². The van der Waals surface area contributed by atoms with Gasteiger partial charge in [-0.1, -0.05) is 6.07 Å². The van der Waals surface area contributed by atoms with E-state index in [0.717, 1.165) is 5.56 Å². The number of hydrogen-bond acceptors (Lipinski definition) is 4. The molecule has 1 heterocycles. The van der Waals surface area contributed by atoms with Gasteiger partial charge in [-0.2, -0.15) is 0 Å². The summed E-state index contributed by atoms with van der Waals surface area (Å²) in [6.07, 6.45) is 0.626. The van der Waals surface area contributed by atoms with E-state index < -0.39 is 5.97 Å². The molecule has 0 spiro atoms. The topological polar surface area (TPSA) is 59.0 Å². The number of nitrogens with zero attached hydrogens (tertiary/aromatic N) is 1. The molecule has 1 aliphatic rings. The predicted molar refractivity (Wildman–Crippen MR) is 70.7 cm³/mol. The predicted octanol–water partition coefficient (Wildman–Crippen LogP) is 1.78. The van der Waals surface area contributed by atoms with Gasteiger partial charge < -0.3 is 14.6 Å². The van der Waals surface area contributed by atoms with Crippen molar-refractivity contribution in [2.24, 2.45) is 5.92 Å². The molecule has 2 atom stereocenters. The van der Waals surface area contributed by atoms with Gasteiger partial charge in [0, 0.05) is 12.6 Å². The van der Waals surface area contributed by atoms with E-state index in [1.807, 2.05) is 25.2 Å². The molecule has 0 aromatic heterocycles. The summed E-state index contributed by atoms with van der Waals surface area (Å²) in [6, 6.07) is 5.86. The van der Waals surface area contributed by atoms with Gasteiger partial charge >= 0.3 is 5.97 Å². The number of carboxylic acids is 1. The van der Waals surface area contributed by atoms with Gasteiger partial charge in [0.15, 0.2) is 11.5 Å². The molecule has 1 saturated heterocycles. The average molecular weight is 265 g/mol. The Morgan fingerprint density at radius 3 is 2.53 bits per heavy atom. The van der Waals surface area contributed by atoms with Crippen molar-refractivity contribution >= 4 is 5.97 Å². The quantitative estimate of drug-likeness (QED) is 0.899. The Labute approximate surface area is 112 Å². The number of methoxy groups -OCH3 is 2. The van der Waals surface area contributed by atoms with E-state index in [0.29, 0.717) is 24.5 Å². The van der Waals surface area contributed by atoms with Crippen molar-refractivity contribution in [2.75, 3.05) is 27.8 Å². The first-order chi connectivity index (χ1) is 9.06. The Morgan fingerprint density at radius 1 is 1.32 bits per heavy atom. The highest BCUT2D eigenvalue weighted by molar-refractivity contribution is 5.70. The smallest absolute Gasteiger partial charge is 0.307 e. The summed E-state index contributed by atoms with van der Waals surface area (Å²) in [5.74, 6) is 0.326. The second-order valence-electron chi connectivity index (χ2n) is 4.84. The van der Waals surface area contributed by atoms with E-state index in [4.69, 9.17) is 14.6 Å². The molecule has 2 rings (SSSR count). The Balaban J connectivity index is 2.25. The number of carboxylic acid groups (broad SMARTS) is 1. The first-order valence-electron chi connectivity index (χ1n) is 6.21. The average Bonchev–Trinajstić information content (AvgIpc) is 2.80. The number of likely N-dealkylation sites (tertiary alicyclic amines) is 1. The zero-order chi connectivity index (χ0) is 14.0. The number of carbonyl (C=O) groups is 1. The maximum absolute atomic E-state index is 11.1. The van der Waals surface area contributed by atoms with Crippen LogP contribution in [0.25, 0.3) is 0 Å². The van der Waals surface area contributed by atoms with E-state index >= 15 is 0 Å². The van der Waals surface area contributed by atoms with E-state index in [9.17, 15) is 4.79 Å². The van der Waals surface area contributed by atoms with Crippen LogP contribution < -0.4 is 9.47 Å². The minimum absolute atomic E-state index is 0.112. The van der Waals surface area contributed by atoms with Crippen LogP contribution >= 0.6 is 0 Å². The molecule has 0 aliphatic carbocycles. The molecule has 5 heteroatoms. The van der Waals surface area contributed by atoms with E-state index in [1.165, 1.54) is 0 Å². The van der Waals surface area contributed by atoms with Gasteiger partial charge in [-0.15, -0.1) is 0 Å². The van der Waals surface area contributed by atoms with Gasteiger partial charge in [0.2, 0.25) is 0 Å². The van der Waals surface area contributed by atoms with Crippen LogP contribution in [-0.4, -0.2) is 43.8 Å². The molecule has 5 nitrogen and oxygen atoms in total. The maximum Gasteiger partial charge on any atom is 0.307 e. The summed E-state index contributed by atoms with van der Waals surface area (Å²) in [5, 5.41) is 9.11. The summed E-state index contributed by atoms with van der Waals surface area (Å²) in [4.78, 5) is 13.1. The molecule has 1 aliphatic heterocycles. The summed E-state index contributed by atoms with van der Waals surface area (Å²) >= 11 is 0. The van der Waals surface area contributed by atoms with Crippen molar-refractivity contribution in [1.29, 1.82) is 0 Å². The van der Waals surface area contributed by atoms with Crippen LogP contribution in [0.3, 0.4) is 0 Å². The summed E-state index contributed by atoms with van der Waals surface area (Å²) in [7, 11) is 5.14. The van der Waals surface area contributed by atoms with Crippen LogP contribution in [0.2, 0.25) is 0 Å². The highest BCUT2D eigenvalue weighted by Crippen LogP contribution is 2.38. The molecule has 0 saturated carbocycles. The van der Waals surface area contributed by atoms with Gasteiger partial charge in [-0.25, -0.2) is 0 Å². The monoisotopic (exact) mass is 265 g/mol. The van der Waals surface area contributed by atoms with Crippen molar-refractivity contribution in [1.82, 2.24) is 4.90 Å². The molecule has 0 radical (unpaired) electrons. The van der Waals surface area contributed by atoms with Crippen LogP contribution in [0.15, 0.2) is 18.2 Å². The second-order valence-corrected chi connectivity index (χ2v) is 4.84. The molecule has 0 bridgehead atoms. The minimum Gasteiger partial charge on any atom is -0.493 e. The van der Waals surface area contributed by atoms with Crippen LogP contribution in [0.5, 0.6) is 11.5 Å². The SMILES string of the molecule is COc1ccc([C@@H]2C[C@@H](C(=O)O)CN2C)cc1OC. The number of aliphatic carboxylic acids is 1. The first kappa shape index (κ1) is 13.7. The number of hydrogen-bond donors (Lipinski definition) is 1. The van der Waals surface area contributed by atoms with E-state index in [-0.39, 0.29) is 12.0 Å². The van der Waals surface area contributed by atoms with Crippen LogP contribution in [0.1, 0.15) is 18.0 Å². The fourth-order valence-corrected chi connectivity index (χ4v) is 2.63. The van der Waals surface area contributed by atoms with Crippen molar-refractivity contribution in [3.8, 4) is 11.5 Å². The lowest BCUT2D eigenvalue weighted by Gasteiger charge is -2.20. The highest BCUT2D eigenvalue weighted by atomic mass is 16.5. The molecule has 1 aromatic rings. The lowest BCUT2D eigenvalue weighted by Crippen LogP contribution is -2.20. The molecular weight excluding hydrogens is 246 g/mol. The third-order valence-electron chi connectivity index (χ3n) is 3.69. The van der Waals surface area contributed by atoms with Crippen LogP contribution in [-0.2, 0) is 4.79 Å². The highest BCUT2D eigenvalue weighted by Gasteiger charge is 2.34. The lowest BCUT2D eigenvalue weighted by molar-refractivity contribution is -0.141. The summed E-state index contributed by atoms with van der Waals surface area (Å²) in [5.41, 5.74) is 1.06. The largest absolute Gasteiger partial charge is 0.493 e. The van der Waals surface area contributed by atoms with Gasteiger partial charge in [0.1, 0.15) is 0 Å². The molecule has 0 amide bonds. The Kier molecular flexibility index (Phi) is 3.95. The molecule has 1 aromatic carbocycles. The van der Waals surface area contributed by atoms with Crippen molar-refractivity contribution in [3.63, 3.8) is 0 Å². The third-order valence-corrected chi connectivity index (χ3v) is 3.69. The maximum atomic E-state index is 11.1. The van der Waals surface area contributed by atoms with Crippen LogP contribution in [0.4, 0.5) is 0 Å². The molecule has 1 N–H and O–H groups in total. The first-order valence-corrected chi connectivity index (χ1v) is 6.21. The fraction of sp³-hybridized carbons (Fsp3) is 0.500. The van der Waals surface area contributed by atoms with Gasteiger partial charge in [0.05, 0.1) is 20.1 Å². The van der Waals surface area contributed by atoms with Gasteiger partial charge in [0.25, 0.3) is 0 Å². The number of rotatable bonds is 4. The lowest BCUT2D eigenvalue weighted by atomic mass is 9.99. The van der Waals surface area contributed by atoms with Crippen molar-refractivity contribution in [2.45, 2.75) is 12.5 Å². The fourth-order valence-electron chi connectivity index (χ4n) is 2.63. The molecule has 1 fully saturated rings. The summed E-state index contributed by atoms with van der Waals surface area (Å²) in [6.45, 7) is 0.578. The second kappa shape index (κ2) is 5.48.